The SMILES string of the molecule is CC(=O)N1N=C(c2cccc(Br)c2)OC1c1ccccn1. The lowest BCUT2D eigenvalue weighted by Gasteiger charge is -2.18. The molecule has 2 heterocycles. The highest BCUT2D eigenvalue weighted by Crippen LogP contribution is 2.29. The number of aromatic nitrogens is 1. The Morgan fingerprint density at radius 2 is 2.14 bits per heavy atom. The Kier molecular flexibility index (Phi) is 3.70. The molecule has 1 aliphatic heterocycles. The van der Waals surface area contributed by atoms with Crippen LogP contribution in [-0.4, -0.2) is 21.8 Å². The van der Waals surface area contributed by atoms with Crippen LogP contribution in [-0.2, 0) is 9.53 Å². The van der Waals surface area contributed by atoms with E-state index in [2.05, 4.69) is 26.0 Å². The van der Waals surface area contributed by atoms with Crippen molar-refractivity contribution in [3.8, 4) is 0 Å². The second-order valence-electron chi connectivity index (χ2n) is 4.50. The first kappa shape index (κ1) is 13.8. The highest BCUT2D eigenvalue weighted by Gasteiger charge is 2.33. The van der Waals surface area contributed by atoms with Gasteiger partial charge in [-0.15, -0.1) is 5.10 Å². The van der Waals surface area contributed by atoms with Crippen LogP contribution in [0.25, 0.3) is 0 Å². The first-order valence-corrected chi connectivity index (χ1v) is 7.16. The van der Waals surface area contributed by atoms with Crippen molar-refractivity contribution in [2.75, 3.05) is 0 Å². The normalized spacial score (nSPS) is 17.3. The summed E-state index contributed by atoms with van der Waals surface area (Å²) < 4.78 is 6.75. The molecule has 1 aromatic heterocycles. The Bertz CT molecular complexity index is 703. The predicted octanol–water partition coefficient (Wildman–Crippen LogP) is 3.08. The van der Waals surface area contributed by atoms with Crippen molar-refractivity contribution in [2.45, 2.75) is 13.2 Å². The number of carbonyl (C=O) groups is 1. The number of hydrogen-bond acceptors (Lipinski definition) is 4. The molecule has 0 radical (unpaired) electrons. The van der Waals surface area contributed by atoms with Gasteiger partial charge in [0.15, 0.2) is 0 Å². The van der Waals surface area contributed by atoms with Crippen LogP contribution < -0.4 is 0 Å². The number of benzene rings is 1. The molecule has 1 unspecified atom stereocenters. The van der Waals surface area contributed by atoms with Gasteiger partial charge in [-0.1, -0.05) is 28.1 Å². The Morgan fingerprint density at radius 3 is 2.81 bits per heavy atom. The molecule has 1 amide bonds. The summed E-state index contributed by atoms with van der Waals surface area (Å²) in [6.07, 6.45) is 1.03. The van der Waals surface area contributed by atoms with Gasteiger partial charge in [0.2, 0.25) is 18.0 Å². The second kappa shape index (κ2) is 5.65. The van der Waals surface area contributed by atoms with E-state index in [0.29, 0.717) is 11.6 Å². The monoisotopic (exact) mass is 345 g/mol. The summed E-state index contributed by atoms with van der Waals surface area (Å²) in [5.41, 5.74) is 1.44. The molecule has 0 spiro atoms. The van der Waals surface area contributed by atoms with E-state index < -0.39 is 6.23 Å². The van der Waals surface area contributed by atoms with Gasteiger partial charge in [-0.25, -0.2) is 0 Å². The van der Waals surface area contributed by atoms with Crippen molar-refractivity contribution < 1.29 is 9.53 Å². The van der Waals surface area contributed by atoms with Gasteiger partial charge in [0.1, 0.15) is 5.69 Å². The smallest absolute Gasteiger partial charge is 0.243 e. The Hall–Kier alpha value is -2.21. The van der Waals surface area contributed by atoms with Crippen LogP contribution in [0, 0.1) is 0 Å². The minimum atomic E-state index is -0.627. The molecule has 0 bridgehead atoms. The molecule has 6 heteroatoms. The lowest BCUT2D eigenvalue weighted by Crippen LogP contribution is -2.25. The topological polar surface area (TPSA) is 54.8 Å². The Balaban J connectivity index is 1.95. The van der Waals surface area contributed by atoms with E-state index >= 15 is 0 Å². The second-order valence-corrected chi connectivity index (χ2v) is 5.42. The molecule has 21 heavy (non-hydrogen) atoms. The largest absolute Gasteiger partial charge is 0.444 e. The maximum absolute atomic E-state index is 11.8. The zero-order valence-corrected chi connectivity index (χ0v) is 12.8. The molecule has 0 saturated carbocycles. The summed E-state index contributed by atoms with van der Waals surface area (Å²) in [5.74, 6) is 0.206. The van der Waals surface area contributed by atoms with Gasteiger partial charge < -0.3 is 4.74 Å². The van der Waals surface area contributed by atoms with E-state index in [1.807, 2.05) is 36.4 Å². The fourth-order valence-electron chi connectivity index (χ4n) is 2.02. The highest BCUT2D eigenvalue weighted by atomic mass is 79.9. The highest BCUT2D eigenvalue weighted by molar-refractivity contribution is 9.10. The van der Waals surface area contributed by atoms with Crippen molar-refractivity contribution >= 4 is 27.7 Å². The summed E-state index contributed by atoms with van der Waals surface area (Å²) in [5, 5.41) is 5.58. The number of rotatable bonds is 2. The first-order chi connectivity index (χ1) is 10.1. The molecule has 106 valence electrons. The van der Waals surface area contributed by atoms with E-state index in [1.54, 1.807) is 12.3 Å². The van der Waals surface area contributed by atoms with Crippen LogP contribution >= 0.6 is 15.9 Å². The number of nitrogens with zero attached hydrogens (tertiary/aromatic N) is 3. The van der Waals surface area contributed by atoms with E-state index in [0.717, 1.165) is 10.0 Å². The Labute approximate surface area is 130 Å². The molecular weight excluding hydrogens is 334 g/mol. The van der Waals surface area contributed by atoms with Gasteiger partial charge in [-0.05, 0) is 30.3 Å². The van der Waals surface area contributed by atoms with E-state index in [-0.39, 0.29) is 5.91 Å². The van der Waals surface area contributed by atoms with Crippen LogP contribution in [0.4, 0.5) is 0 Å². The van der Waals surface area contributed by atoms with Crippen LogP contribution in [0.3, 0.4) is 0 Å². The zero-order valence-electron chi connectivity index (χ0n) is 11.2. The summed E-state index contributed by atoms with van der Waals surface area (Å²) >= 11 is 3.41. The molecule has 5 nitrogen and oxygen atoms in total. The predicted molar refractivity (Wildman–Crippen MR) is 81.3 cm³/mol. The number of amides is 1. The minimum Gasteiger partial charge on any atom is -0.444 e. The van der Waals surface area contributed by atoms with Crippen molar-refractivity contribution in [3.05, 3.63) is 64.4 Å². The van der Waals surface area contributed by atoms with Gasteiger partial charge in [0.25, 0.3) is 0 Å². The molecule has 2 aromatic rings. The summed E-state index contributed by atoms with van der Waals surface area (Å²) in [4.78, 5) is 16.0. The molecule has 0 aliphatic carbocycles. The van der Waals surface area contributed by atoms with Gasteiger partial charge in [0, 0.05) is 23.2 Å². The minimum absolute atomic E-state index is 0.198. The third-order valence-corrected chi connectivity index (χ3v) is 3.47. The quantitative estimate of drug-likeness (QED) is 0.840. The Morgan fingerprint density at radius 1 is 1.29 bits per heavy atom. The van der Waals surface area contributed by atoms with Crippen LogP contribution in [0.2, 0.25) is 0 Å². The molecule has 1 aliphatic rings. The van der Waals surface area contributed by atoms with Crippen LogP contribution in [0.1, 0.15) is 24.4 Å². The first-order valence-electron chi connectivity index (χ1n) is 6.37. The third kappa shape index (κ3) is 2.80. The van der Waals surface area contributed by atoms with Crippen molar-refractivity contribution in [1.29, 1.82) is 0 Å². The molecule has 0 fully saturated rings. The zero-order chi connectivity index (χ0) is 14.8. The number of ether oxygens (including phenoxy) is 1. The fraction of sp³-hybridized carbons (Fsp3) is 0.133. The van der Waals surface area contributed by atoms with Crippen molar-refractivity contribution in [1.82, 2.24) is 9.99 Å². The lowest BCUT2D eigenvalue weighted by atomic mass is 10.2. The third-order valence-electron chi connectivity index (χ3n) is 2.98. The molecule has 0 N–H and O–H groups in total. The van der Waals surface area contributed by atoms with Crippen molar-refractivity contribution in [2.24, 2.45) is 5.10 Å². The lowest BCUT2D eigenvalue weighted by molar-refractivity contribution is -0.135. The molecule has 1 aromatic carbocycles. The van der Waals surface area contributed by atoms with Crippen LogP contribution in [0.15, 0.2) is 58.2 Å². The van der Waals surface area contributed by atoms with E-state index in [9.17, 15) is 4.79 Å². The number of halogens is 1. The van der Waals surface area contributed by atoms with Gasteiger partial charge in [-0.2, -0.15) is 5.01 Å². The van der Waals surface area contributed by atoms with Crippen molar-refractivity contribution in [3.63, 3.8) is 0 Å². The standard InChI is InChI=1S/C15H12BrN3O2/c1-10(20)19-15(13-7-2-3-8-17-13)21-14(18-19)11-5-4-6-12(16)9-11/h2-9,15H,1H3. The number of pyridine rings is 1. The molecule has 1 atom stereocenters. The maximum atomic E-state index is 11.8. The van der Waals surface area contributed by atoms with Gasteiger partial charge in [-0.3, -0.25) is 9.78 Å². The number of hydrogen-bond donors (Lipinski definition) is 0. The van der Waals surface area contributed by atoms with E-state index in [4.69, 9.17) is 4.74 Å². The molecular formula is C15H12BrN3O2. The average Bonchev–Trinajstić information content (AvgIpc) is 2.93. The number of hydrazone groups is 1. The van der Waals surface area contributed by atoms with Gasteiger partial charge >= 0.3 is 0 Å². The van der Waals surface area contributed by atoms with Gasteiger partial charge in [0.05, 0.1) is 0 Å². The molecule has 0 saturated heterocycles. The summed E-state index contributed by atoms with van der Waals surface area (Å²) in [7, 11) is 0. The van der Waals surface area contributed by atoms with Crippen LogP contribution in [0.5, 0.6) is 0 Å². The van der Waals surface area contributed by atoms with E-state index in [1.165, 1.54) is 11.9 Å². The summed E-state index contributed by atoms with van der Waals surface area (Å²) in [6, 6.07) is 13.0. The average molecular weight is 346 g/mol. The number of carbonyl (C=O) groups excluding carboxylic acids is 1. The maximum Gasteiger partial charge on any atom is 0.243 e. The fourth-order valence-corrected chi connectivity index (χ4v) is 2.42. The molecule has 3 rings (SSSR count). The summed E-state index contributed by atoms with van der Waals surface area (Å²) in [6.45, 7) is 1.45.